The van der Waals surface area contributed by atoms with Crippen LogP contribution in [0.4, 0.5) is 15.9 Å². The molecule has 0 amide bonds. The number of fused-ring (bicyclic) bond motifs is 2. The average Bonchev–Trinajstić information content (AvgIpc) is 3.08. The van der Waals surface area contributed by atoms with Gasteiger partial charge in [-0.1, -0.05) is 0 Å². The zero-order valence-corrected chi connectivity index (χ0v) is 11.4. The smallest absolute Gasteiger partial charge is 0.141 e. The molecule has 3 N–H and O–H groups in total. The Hall–Kier alpha value is -1.82. The highest BCUT2D eigenvalue weighted by molar-refractivity contribution is 6.00. The van der Waals surface area contributed by atoms with Crippen molar-refractivity contribution < 1.29 is 4.48 Å². The lowest BCUT2D eigenvalue weighted by molar-refractivity contribution is 0.0129. The van der Waals surface area contributed by atoms with Crippen molar-refractivity contribution in [1.82, 2.24) is 15.1 Å². The number of anilines is 2. The van der Waals surface area contributed by atoms with Crippen LogP contribution in [-0.2, 0) is 0 Å². The lowest BCUT2D eigenvalue weighted by atomic mass is 10.1. The van der Waals surface area contributed by atoms with Crippen LogP contribution in [0.15, 0.2) is 12.4 Å². The first kappa shape index (κ1) is 12.0. The van der Waals surface area contributed by atoms with E-state index in [0.29, 0.717) is 18.2 Å². The fraction of sp³-hybridized carbons (Fsp3) is 0.500. The Kier molecular flexibility index (Phi) is 2.44. The van der Waals surface area contributed by atoms with E-state index < -0.39 is 0 Å². The van der Waals surface area contributed by atoms with E-state index >= 15 is 0 Å². The highest BCUT2D eigenvalue weighted by atomic mass is 19.2. The number of hydrogen-bond donors (Lipinski definition) is 2. The van der Waals surface area contributed by atoms with Crippen molar-refractivity contribution in [3.63, 3.8) is 0 Å². The zero-order valence-electron chi connectivity index (χ0n) is 11.4. The van der Waals surface area contributed by atoms with Crippen molar-refractivity contribution in [2.24, 2.45) is 5.92 Å². The molecule has 2 aromatic rings. The molecule has 5 nitrogen and oxygen atoms in total. The van der Waals surface area contributed by atoms with Gasteiger partial charge in [0.1, 0.15) is 5.65 Å². The van der Waals surface area contributed by atoms with Gasteiger partial charge in [-0.25, -0.2) is 4.98 Å². The minimum absolute atomic E-state index is 0.0257. The van der Waals surface area contributed by atoms with Gasteiger partial charge in [-0.3, -0.25) is 0 Å². The maximum atomic E-state index is 13.8. The van der Waals surface area contributed by atoms with Crippen LogP contribution in [0.25, 0.3) is 11.0 Å². The predicted molar refractivity (Wildman–Crippen MR) is 77.2 cm³/mol. The summed E-state index contributed by atoms with van der Waals surface area (Å²) in [6, 6.07) is 0.0257. The predicted octanol–water partition coefficient (Wildman–Crippen LogP) is 1.85. The number of nitrogens with two attached hydrogens (primary N) is 1. The van der Waals surface area contributed by atoms with E-state index in [-0.39, 0.29) is 6.04 Å². The third-order valence-electron chi connectivity index (χ3n) is 4.68. The molecule has 2 saturated heterocycles. The molecular formula is C14H18FN5. The monoisotopic (exact) mass is 275 g/mol. The summed E-state index contributed by atoms with van der Waals surface area (Å²) in [5.74, 6) is 0.419. The first-order valence-electron chi connectivity index (χ1n) is 7.04. The number of nitrogens with zero attached hydrogens (tertiary/aromatic N) is 3. The molecule has 0 bridgehead atoms. The first-order chi connectivity index (χ1) is 9.65. The summed E-state index contributed by atoms with van der Waals surface area (Å²) in [5.41, 5.74) is 9.79. The Labute approximate surface area is 116 Å². The largest absolute Gasteiger partial charge is 0.397 e. The van der Waals surface area contributed by atoms with Crippen molar-refractivity contribution >= 4 is 22.4 Å². The van der Waals surface area contributed by atoms with Gasteiger partial charge in [-0.2, -0.15) is 0 Å². The maximum Gasteiger partial charge on any atom is 0.141 e. The number of nitrogens with one attached hydrogen (secondary N) is 1. The Morgan fingerprint density at radius 1 is 1.45 bits per heavy atom. The first-order valence-corrected chi connectivity index (χ1v) is 7.04. The number of pyridine rings is 1. The van der Waals surface area contributed by atoms with Crippen molar-refractivity contribution in [2.75, 3.05) is 30.3 Å². The summed E-state index contributed by atoms with van der Waals surface area (Å²) in [6.45, 7) is 4.23. The van der Waals surface area contributed by atoms with Crippen LogP contribution in [0.5, 0.6) is 0 Å². The van der Waals surface area contributed by atoms with Crippen molar-refractivity contribution in [3.05, 3.63) is 18.0 Å². The molecule has 2 aliphatic heterocycles. The van der Waals surface area contributed by atoms with Crippen molar-refractivity contribution in [1.29, 1.82) is 0 Å². The topological polar surface area (TPSA) is 61.2 Å². The van der Waals surface area contributed by atoms with Crippen LogP contribution in [0.1, 0.15) is 12.0 Å². The van der Waals surface area contributed by atoms with Crippen LogP contribution in [-0.4, -0.2) is 40.8 Å². The van der Waals surface area contributed by atoms with E-state index in [2.05, 4.69) is 14.9 Å². The van der Waals surface area contributed by atoms with Gasteiger partial charge < -0.3 is 15.6 Å². The third-order valence-corrected chi connectivity index (χ3v) is 4.68. The van der Waals surface area contributed by atoms with Gasteiger partial charge in [0.25, 0.3) is 0 Å². The highest BCUT2D eigenvalue weighted by Gasteiger charge is 2.42. The zero-order chi connectivity index (χ0) is 13.9. The Bertz CT molecular complexity index is 667. The summed E-state index contributed by atoms with van der Waals surface area (Å²) in [6.07, 6.45) is 4.57. The van der Waals surface area contributed by atoms with E-state index in [1.54, 1.807) is 6.20 Å². The summed E-state index contributed by atoms with van der Waals surface area (Å²) in [7, 11) is 0. The van der Waals surface area contributed by atoms with Gasteiger partial charge >= 0.3 is 0 Å². The molecule has 106 valence electrons. The lowest BCUT2D eigenvalue weighted by Crippen LogP contribution is -2.30. The second-order valence-electron chi connectivity index (χ2n) is 5.90. The van der Waals surface area contributed by atoms with Crippen LogP contribution in [0.2, 0.25) is 0 Å². The van der Waals surface area contributed by atoms with E-state index in [4.69, 9.17) is 5.73 Å². The summed E-state index contributed by atoms with van der Waals surface area (Å²) < 4.78 is 13.8. The fourth-order valence-corrected chi connectivity index (χ4v) is 3.70. The van der Waals surface area contributed by atoms with E-state index in [1.165, 1.54) is 0 Å². The van der Waals surface area contributed by atoms with Crippen molar-refractivity contribution in [2.45, 2.75) is 19.4 Å². The second-order valence-corrected chi connectivity index (χ2v) is 5.90. The Morgan fingerprint density at radius 3 is 3.10 bits per heavy atom. The van der Waals surface area contributed by atoms with E-state index in [9.17, 15) is 4.48 Å². The van der Waals surface area contributed by atoms with Crippen LogP contribution in [0, 0.1) is 12.8 Å². The molecule has 0 aliphatic carbocycles. The average molecular weight is 275 g/mol. The molecule has 4 rings (SSSR count). The van der Waals surface area contributed by atoms with Crippen molar-refractivity contribution in [3.8, 4) is 0 Å². The van der Waals surface area contributed by atoms with E-state index in [1.807, 2.05) is 13.1 Å². The summed E-state index contributed by atoms with van der Waals surface area (Å²) >= 11 is 0. The van der Waals surface area contributed by atoms with Gasteiger partial charge in [-0.05, 0) is 24.8 Å². The molecule has 0 aromatic carbocycles. The fourth-order valence-electron chi connectivity index (χ4n) is 3.70. The SMILES string of the molecule is Cc1cnc2[nH]cc(N)c2c1N1CC2CCN(F)C2C1. The number of nitrogen functional groups attached to an aromatic ring is 1. The quantitative estimate of drug-likeness (QED) is 0.780. The third kappa shape index (κ3) is 1.54. The minimum Gasteiger partial charge on any atom is -0.397 e. The molecule has 2 atom stereocenters. The second kappa shape index (κ2) is 4.09. The molecule has 2 fully saturated rings. The standard InChI is InChI=1S/C14H18FN5/c1-8-4-17-14-12(10(16)5-18-14)13(8)19-6-9-2-3-20(15)11(9)7-19/h4-5,9,11H,2-3,6-7,16H2,1H3,(H,17,18). The van der Waals surface area contributed by atoms with Gasteiger partial charge in [0.15, 0.2) is 0 Å². The van der Waals surface area contributed by atoms with Crippen LogP contribution in [0.3, 0.4) is 0 Å². The lowest BCUT2D eigenvalue weighted by Gasteiger charge is -2.23. The number of aryl methyl sites for hydroxylation is 1. The normalized spacial score (nSPS) is 26.6. The van der Waals surface area contributed by atoms with Gasteiger partial charge in [0, 0.05) is 32.0 Å². The molecular weight excluding hydrogens is 257 g/mol. The number of H-pyrrole nitrogens is 1. The molecule has 4 heterocycles. The van der Waals surface area contributed by atoms with Crippen LogP contribution >= 0.6 is 0 Å². The number of hydrogen-bond acceptors (Lipinski definition) is 4. The molecule has 0 spiro atoms. The number of aromatic amines is 1. The summed E-state index contributed by atoms with van der Waals surface area (Å²) in [4.78, 5) is 9.73. The number of halogens is 1. The van der Waals surface area contributed by atoms with E-state index in [0.717, 1.165) is 46.9 Å². The van der Waals surface area contributed by atoms with Crippen LogP contribution < -0.4 is 10.6 Å². The number of aromatic nitrogens is 2. The molecule has 2 unspecified atom stereocenters. The van der Waals surface area contributed by atoms with Gasteiger partial charge in [0.05, 0.1) is 22.8 Å². The Balaban J connectivity index is 1.79. The van der Waals surface area contributed by atoms with Gasteiger partial charge in [-0.15, -0.1) is 9.60 Å². The molecule has 6 heteroatoms. The minimum atomic E-state index is 0.0257. The molecule has 2 aromatic heterocycles. The maximum absolute atomic E-state index is 13.8. The molecule has 0 saturated carbocycles. The highest BCUT2D eigenvalue weighted by Crippen LogP contribution is 2.39. The summed E-state index contributed by atoms with van der Waals surface area (Å²) in [5, 5.41) is 1.97. The Morgan fingerprint density at radius 2 is 2.30 bits per heavy atom. The molecule has 20 heavy (non-hydrogen) atoms. The molecule has 2 aliphatic rings. The molecule has 0 radical (unpaired) electrons. The number of rotatable bonds is 1. The van der Waals surface area contributed by atoms with Gasteiger partial charge in [0.2, 0.25) is 0 Å².